The van der Waals surface area contributed by atoms with Crippen molar-refractivity contribution in [3.8, 4) is 22.5 Å². The number of hydrogen-bond donors (Lipinski definition) is 1. The van der Waals surface area contributed by atoms with Crippen LogP contribution in [0.1, 0.15) is 120 Å². The molecule has 256 valence electrons. The van der Waals surface area contributed by atoms with Gasteiger partial charge < -0.3 is 9.72 Å². The van der Waals surface area contributed by atoms with Gasteiger partial charge in [0.05, 0.1) is 28.3 Å². The van der Waals surface area contributed by atoms with Gasteiger partial charge in [0.2, 0.25) is 0 Å². The molecule has 2 atom stereocenters. The van der Waals surface area contributed by atoms with Crippen molar-refractivity contribution in [2.75, 3.05) is 6.61 Å². The first-order valence-electron chi connectivity index (χ1n) is 18.4. The highest BCUT2D eigenvalue weighted by Gasteiger charge is 2.44. The number of nitrogens with zero attached hydrogens (tertiary/aromatic N) is 3. The Kier molecular flexibility index (Phi) is 8.26. The summed E-state index contributed by atoms with van der Waals surface area (Å²) in [6.45, 7) is 9.17. The van der Waals surface area contributed by atoms with Crippen LogP contribution in [0.2, 0.25) is 0 Å². The van der Waals surface area contributed by atoms with Gasteiger partial charge in [0.15, 0.2) is 5.16 Å². The standard InChI is InChI=1S/C41H48N4O3S/c1-5-40(4)22-26-14-8-10-16-29(26)34-32(40)36(46)43-31(42-34)25-49-38-44-35-30-17-11-9-15-27(30)23-41(19-12-6-7-13-20-41)33(35)37(47)45(38)28-18-21-48-39(2,3)24-28/h8-11,14-17,28H,5-7,12-13,18-25H2,1-4H3,(H,42,43,46). The van der Waals surface area contributed by atoms with Crippen molar-refractivity contribution in [1.29, 1.82) is 0 Å². The molecular weight excluding hydrogens is 629 g/mol. The number of ether oxygens (including phenoxy) is 1. The molecule has 2 aromatic heterocycles. The Morgan fingerprint density at radius 1 is 0.878 bits per heavy atom. The zero-order chi connectivity index (χ0) is 34.0. The van der Waals surface area contributed by atoms with Crippen molar-refractivity contribution in [1.82, 2.24) is 19.5 Å². The number of rotatable bonds is 5. The quantitative estimate of drug-likeness (QED) is 0.169. The topological polar surface area (TPSA) is 89.9 Å². The summed E-state index contributed by atoms with van der Waals surface area (Å²) >= 11 is 1.52. The van der Waals surface area contributed by atoms with Gasteiger partial charge in [-0.05, 0) is 69.9 Å². The minimum Gasteiger partial charge on any atom is -0.375 e. The maximum absolute atomic E-state index is 15.2. The summed E-state index contributed by atoms with van der Waals surface area (Å²) in [6.07, 6.45) is 10.8. The molecule has 1 saturated carbocycles. The number of aromatic nitrogens is 4. The van der Waals surface area contributed by atoms with Crippen molar-refractivity contribution in [3.05, 3.63) is 97.3 Å². The second-order valence-electron chi connectivity index (χ2n) is 15.8. The van der Waals surface area contributed by atoms with Gasteiger partial charge in [0.25, 0.3) is 11.1 Å². The molecule has 2 fully saturated rings. The van der Waals surface area contributed by atoms with E-state index >= 15 is 4.79 Å². The molecule has 49 heavy (non-hydrogen) atoms. The van der Waals surface area contributed by atoms with E-state index in [4.69, 9.17) is 14.7 Å². The molecule has 4 aliphatic rings. The fourth-order valence-corrected chi connectivity index (χ4v) is 10.3. The number of benzene rings is 2. The van der Waals surface area contributed by atoms with Gasteiger partial charge in [0.1, 0.15) is 5.82 Å². The lowest BCUT2D eigenvalue weighted by Gasteiger charge is -2.41. The number of H-pyrrole nitrogens is 1. The molecule has 3 aliphatic carbocycles. The zero-order valence-corrected chi connectivity index (χ0v) is 30.2. The first-order chi connectivity index (χ1) is 23.6. The summed E-state index contributed by atoms with van der Waals surface area (Å²) in [5.74, 6) is 1.01. The van der Waals surface area contributed by atoms with Crippen LogP contribution in [0.4, 0.5) is 0 Å². The number of thioether (sulfide) groups is 1. The largest absolute Gasteiger partial charge is 0.375 e. The molecule has 8 heteroatoms. The van der Waals surface area contributed by atoms with E-state index in [9.17, 15) is 4.79 Å². The van der Waals surface area contributed by atoms with Crippen LogP contribution in [0.5, 0.6) is 0 Å². The number of fused-ring (bicyclic) bond motifs is 7. The van der Waals surface area contributed by atoms with Gasteiger partial charge in [-0.1, -0.05) is 99.8 Å². The number of hydrogen-bond acceptors (Lipinski definition) is 6. The molecule has 2 aromatic carbocycles. The van der Waals surface area contributed by atoms with E-state index in [0.717, 1.165) is 91.4 Å². The summed E-state index contributed by atoms with van der Waals surface area (Å²) in [7, 11) is 0. The Hall–Kier alpha value is -3.49. The fourth-order valence-electron chi connectivity index (χ4n) is 9.41. The predicted octanol–water partition coefficient (Wildman–Crippen LogP) is 8.45. The normalized spacial score (nSPS) is 23.6. The highest BCUT2D eigenvalue weighted by Crippen LogP contribution is 2.49. The number of nitrogens with one attached hydrogen (secondary N) is 1. The van der Waals surface area contributed by atoms with Crippen LogP contribution in [0.25, 0.3) is 22.5 Å². The molecule has 1 aliphatic heterocycles. The molecule has 3 heterocycles. The van der Waals surface area contributed by atoms with Gasteiger partial charge in [-0.2, -0.15) is 0 Å². The van der Waals surface area contributed by atoms with E-state index in [1.807, 2.05) is 10.6 Å². The van der Waals surface area contributed by atoms with Gasteiger partial charge in [-0.3, -0.25) is 14.2 Å². The Bertz CT molecular complexity index is 2040. The molecule has 0 radical (unpaired) electrons. The average molecular weight is 677 g/mol. The second-order valence-corrected chi connectivity index (χ2v) is 16.8. The third-order valence-electron chi connectivity index (χ3n) is 12.1. The van der Waals surface area contributed by atoms with Crippen LogP contribution in [-0.2, 0) is 34.2 Å². The van der Waals surface area contributed by atoms with Crippen LogP contribution in [0.15, 0.2) is 63.3 Å². The Labute approximate surface area is 293 Å². The van der Waals surface area contributed by atoms with Crippen LogP contribution >= 0.6 is 11.8 Å². The minimum absolute atomic E-state index is 0.0239. The van der Waals surface area contributed by atoms with Crippen molar-refractivity contribution in [2.45, 2.75) is 132 Å². The highest BCUT2D eigenvalue weighted by molar-refractivity contribution is 7.98. The van der Waals surface area contributed by atoms with Crippen molar-refractivity contribution < 1.29 is 4.74 Å². The van der Waals surface area contributed by atoms with E-state index in [1.165, 1.54) is 35.7 Å². The highest BCUT2D eigenvalue weighted by atomic mass is 32.2. The van der Waals surface area contributed by atoms with Gasteiger partial charge >= 0.3 is 0 Å². The third kappa shape index (κ3) is 5.63. The SMILES string of the molecule is CCC1(C)Cc2ccccc2-c2nc(CSc3nc4c(c(=O)n3C3CCOC(C)(C)C3)C3(CCCCCC3)Cc3ccccc3-4)[nH]c(=O)c21. The molecule has 1 spiro atoms. The third-order valence-corrected chi connectivity index (χ3v) is 13.0. The van der Waals surface area contributed by atoms with E-state index in [-0.39, 0.29) is 33.6 Å². The smallest absolute Gasteiger partial charge is 0.258 e. The lowest BCUT2D eigenvalue weighted by molar-refractivity contribution is -0.0710. The molecule has 0 amide bonds. The summed E-state index contributed by atoms with van der Waals surface area (Å²) < 4.78 is 8.16. The maximum Gasteiger partial charge on any atom is 0.258 e. The fraction of sp³-hybridized carbons (Fsp3) is 0.512. The molecular formula is C41H48N4O3S. The summed E-state index contributed by atoms with van der Waals surface area (Å²) in [5.41, 5.74) is 7.25. The lowest BCUT2D eigenvalue weighted by atomic mass is 9.65. The molecule has 1 saturated heterocycles. The minimum atomic E-state index is -0.336. The Balaban J connectivity index is 1.27. The second kappa shape index (κ2) is 12.4. The molecule has 1 N–H and O–H groups in total. The van der Waals surface area contributed by atoms with Gasteiger partial charge in [-0.15, -0.1) is 0 Å². The Morgan fingerprint density at radius 2 is 1.53 bits per heavy atom. The number of aromatic amines is 1. The van der Waals surface area contributed by atoms with Crippen molar-refractivity contribution >= 4 is 11.8 Å². The van der Waals surface area contributed by atoms with Crippen LogP contribution in [0.3, 0.4) is 0 Å². The summed E-state index contributed by atoms with van der Waals surface area (Å²) in [6, 6.07) is 16.9. The zero-order valence-electron chi connectivity index (χ0n) is 29.4. The van der Waals surface area contributed by atoms with Crippen molar-refractivity contribution in [2.24, 2.45) is 0 Å². The molecule has 8 rings (SSSR count). The van der Waals surface area contributed by atoms with Crippen LogP contribution in [0, 0.1) is 0 Å². The van der Waals surface area contributed by atoms with Crippen LogP contribution < -0.4 is 11.1 Å². The molecule has 0 bridgehead atoms. The van der Waals surface area contributed by atoms with Crippen LogP contribution in [-0.4, -0.2) is 31.7 Å². The molecule has 4 aromatic rings. The summed E-state index contributed by atoms with van der Waals surface area (Å²) in [4.78, 5) is 42.9. The van der Waals surface area contributed by atoms with E-state index < -0.39 is 0 Å². The van der Waals surface area contributed by atoms with E-state index in [1.54, 1.807) is 0 Å². The lowest BCUT2D eigenvalue weighted by Crippen LogP contribution is -2.45. The average Bonchev–Trinajstić information content (AvgIpc) is 3.32. The first-order valence-corrected chi connectivity index (χ1v) is 19.3. The first kappa shape index (κ1) is 32.7. The summed E-state index contributed by atoms with van der Waals surface area (Å²) in [5, 5.41) is 0.700. The van der Waals surface area contributed by atoms with Crippen molar-refractivity contribution in [3.63, 3.8) is 0 Å². The Morgan fingerprint density at radius 3 is 2.20 bits per heavy atom. The van der Waals surface area contributed by atoms with E-state index in [0.29, 0.717) is 23.3 Å². The van der Waals surface area contributed by atoms with E-state index in [2.05, 4.69) is 75.1 Å². The monoisotopic (exact) mass is 676 g/mol. The van der Waals surface area contributed by atoms with Gasteiger partial charge in [-0.25, -0.2) is 9.97 Å². The predicted molar refractivity (Wildman–Crippen MR) is 197 cm³/mol. The molecule has 7 nitrogen and oxygen atoms in total. The van der Waals surface area contributed by atoms with Gasteiger partial charge in [0, 0.05) is 40.2 Å². The maximum atomic E-state index is 15.2. The molecule has 2 unspecified atom stereocenters.